The number of likely N-dealkylation sites (N-methyl/N-ethyl adjacent to an activating group) is 1. The highest BCUT2D eigenvalue weighted by molar-refractivity contribution is 7.80. The Morgan fingerprint density at radius 2 is 1.94 bits per heavy atom. The monoisotopic (exact) mass is 243 g/mol. The number of piperidine rings is 1. The van der Waals surface area contributed by atoms with Gasteiger partial charge in [0.1, 0.15) is 0 Å². The van der Waals surface area contributed by atoms with Crippen LogP contribution in [0.25, 0.3) is 0 Å². The van der Waals surface area contributed by atoms with Crippen molar-refractivity contribution >= 4 is 23.1 Å². The first kappa shape index (κ1) is 13.4. The van der Waals surface area contributed by atoms with E-state index in [1.54, 1.807) is 19.0 Å². The molecule has 0 aromatic heterocycles. The topological polar surface area (TPSA) is 49.6 Å². The summed E-state index contributed by atoms with van der Waals surface area (Å²) >= 11 is 5.00. The fraction of sp³-hybridized carbons (Fsp3) is 0.818. The number of hydrogen-bond donors (Lipinski definition) is 1. The molecule has 0 aromatic rings. The van der Waals surface area contributed by atoms with Crippen molar-refractivity contribution in [1.29, 1.82) is 0 Å². The van der Waals surface area contributed by atoms with Crippen LogP contribution in [0.5, 0.6) is 0 Å². The molecule has 0 aromatic carbocycles. The van der Waals surface area contributed by atoms with E-state index in [1.165, 1.54) is 0 Å². The van der Waals surface area contributed by atoms with Crippen LogP contribution in [0.15, 0.2) is 0 Å². The Kier molecular flexibility index (Phi) is 4.68. The highest BCUT2D eigenvalue weighted by atomic mass is 32.1. The van der Waals surface area contributed by atoms with E-state index in [4.69, 9.17) is 18.0 Å². The minimum atomic E-state index is -0.0395. The maximum Gasteiger partial charge on any atom is 0.239 e. The lowest BCUT2D eigenvalue weighted by Gasteiger charge is -2.35. The molecule has 1 aliphatic rings. The normalized spacial score (nSPS) is 20.4. The Hall–Kier alpha value is -0.680. The van der Waals surface area contributed by atoms with Gasteiger partial charge in [-0.1, -0.05) is 12.2 Å². The molecule has 0 bridgehead atoms. The predicted octanol–water partition coefficient (Wildman–Crippen LogP) is 0.461. The molecule has 0 saturated carbocycles. The fourth-order valence-electron chi connectivity index (χ4n) is 2.10. The zero-order valence-electron chi connectivity index (χ0n) is 10.3. The zero-order chi connectivity index (χ0) is 12.3. The lowest BCUT2D eigenvalue weighted by molar-refractivity contribution is -0.134. The molecule has 1 fully saturated rings. The third-order valence-electron chi connectivity index (χ3n) is 3.28. The van der Waals surface area contributed by atoms with Gasteiger partial charge in [-0.15, -0.1) is 0 Å². The van der Waals surface area contributed by atoms with Crippen LogP contribution in [0.4, 0.5) is 0 Å². The van der Waals surface area contributed by atoms with E-state index in [9.17, 15) is 4.79 Å². The van der Waals surface area contributed by atoms with Gasteiger partial charge in [0, 0.05) is 20.0 Å². The second kappa shape index (κ2) is 5.59. The Balaban J connectivity index is 2.47. The molecule has 1 rings (SSSR count). The number of thiocarbonyl (C=S) groups is 1. The lowest BCUT2D eigenvalue weighted by Crippen LogP contribution is -2.48. The average Bonchev–Trinajstić information content (AvgIpc) is 2.27. The highest BCUT2D eigenvalue weighted by Crippen LogP contribution is 2.19. The molecule has 1 atom stereocenters. The van der Waals surface area contributed by atoms with E-state index >= 15 is 0 Å². The molecule has 92 valence electrons. The van der Waals surface area contributed by atoms with Crippen molar-refractivity contribution < 1.29 is 4.79 Å². The number of carbonyl (C=O) groups is 1. The van der Waals surface area contributed by atoms with Gasteiger partial charge >= 0.3 is 0 Å². The van der Waals surface area contributed by atoms with E-state index in [0.717, 1.165) is 25.9 Å². The van der Waals surface area contributed by atoms with Crippen molar-refractivity contribution in [2.24, 2.45) is 11.7 Å². The summed E-state index contributed by atoms with van der Waals surface area (Å²) in [5.74, 6) is 0.515. The minimum absolute atomic E-state index is 0.0395. The first-order valence-corrected chi connectivity index (χ1v) is 6.09. The molecular weight excluding hydrogens is 222 g/mol. The van der Waals surface area contributed by atoms with Crippen LogP contribution in [0.1, 0.15) is 19.8 Å². The summed E-state index contributed by atoms with van der Waals surface area (Å²) in [6, 6.07) is -0.0395. The first-order valence-electron chi connectivity index (χ1n) is 5.68. The number of rotatable bonds is 3. The van der Waals surface area contributed by atoms with Gasteiger partial charge in [-0.25, -0.2) is 0 Å². The van der Waals surface area contributed by atoms with E-state index in [2.05, 4.69) is 4.90 Å². The molecule has 1 amide bonds. The van der Waals surface area contributed by atoms with Crippen molar-refractivity contribution in [1.82, 2.24) is 9.80 Å². The molecule has 0 radical (unpaired) electrons. The standard InChI is InChI=1S/C11H21N3OS/c1-8(11(15)13(2)3)14-6-4-9(5-7-14)10(12)16/h8-9H,4-7H2,1-3H3,(H2,12,16). The van der Waals surface area contributed by atoms with Crippen LogP contribution < -0.4 is 5.73 Å². The largest absolute Gasteiger partial charge is 0.393 e. The van der Waals surface area contributed by atoms with Crippen molar-refractivity contribution in [3.63, 3.8) is 0 Å². The van der Waals surface area contributed by atoms with Crippen LogP contribution in [-0.4, -0.2) is 53.9 Å². The summed E-state index contributed by atoms with van der Waals surface area (Å²) in [5.41, 5.74) is 5.63. The molecule has 4 nitrogen and oxygen atoms in total. The molecular formula is C11H21N3OS. The van der Waals surface area contributed by atoms with Gasteiger partial charge in [-0.3, -0.25) is 9.69 Å². The molecule has 1 heterocycles. The second-order valence-electron chi connectivity index (χ2n) is 4.62. The number of carbonyl (C=O) groups excluding carboxylic acids is 1. The zero-order valence-corrected chi connectivity index (χ0v) is 11.1. The second-order valence-corrected chi connectivity index (χ2v) is 5.09. The Labute approximate surface area is 103 Å². The molecule has 1 aliphatic heterocycles. The van der Waals surface area contributed by atoms with Gasteiger partial charge in [0.15, 0.2) is 0 Å². The summed E-state index contributed by atoms with van der Waals surface area (Å²) in [7, 11) is 3.58. The molecule has 5 heteroatoms. The molecule has 2 N–H and O–H groups in total. The maximum absolute atomic E-state index is 11.8. The predicted molar refractivity (Wildman–Crippen MR) is 69.2 cm³/mol. The Morgan fingerprint density at radius 1 is 1.44 bits per heavy atom. The number of nitrogens with zero attached hydrogens (tertiary/aromatic N) is 2. The first-order chi connectivity index (χ1) is 7.43. The van der Waals surface area contributed by atoms with Crippen LogP contribution in [-0.2, 0) is 4.79 Å². The number of nitrogens with two attached hydrogens (primary N) is 1. The van der Waals surface area contributed by atoms with Crippen molar-refractivity contribution in [3.8, 4) is 0 Å². The van der Waals surface area contributed by atoms with Crippen molar-refractivity contribution in [3.05, 3.63) is 0 Å². The van der Waals surface area contributed by atoms with E-state index in [1.807, 2.05) is 6.92 Å². The van der Waals surface area contributed by atoms with Gasteiger partial charge in [-0.2, -0.15) is 0 Å². The minimum Gasteiger partial charge on any atom is -0.393 e. The summed E-state index contributed by atoms with van der Waals surface area (Å²) in [6.45, 7) is 3.77. The average molecular weight is 243 g/mol. The van der Waals surface area contributed by atoms with Crippen LogP contribution in [0.3, 0.4) is 0 Å². The third-order valence-corrected chi connectivity index (χ3v) is 3.61. The van der Waals surface area contributed by atoms with Crippen molar-refractivity contribution in [2.75, 3.05) is 27.2 Å². The molecule has 0 aliphatic carbocycles. The summed E-state index contributed by atoms with van der Waals surface area (Å²) < 4.78 is 0. The van der Waals surface area contributed by atoms with E-state index < -0.39 is 0 Å². The number of amides is 1. The van der Waals surface area contributed by atoms with Gasteiger partial charge in [0.25, 0.3) is 0 Å². The van der Waals surface area contributed by atoms with Crippen molar-refractivity contribution in [2.45, 2.75) is 25.8 Å². The lowest BCUT2D eigenvalue weighted by atomic mass is 9.96. The molecule has 0 spiro atoms. The fourth-order valence-corrected chi connectivity index (χ4v) is 2.34. The van der Waals surface area contributed by atoms with Gasteiger partial charge in [0.2, 0.25) is 5.91 Å². The SMILES string of the molecule is CC(C(=O)N(C)C)N1CCC(C(N)=S)CC1. The van der Waals surface area contributed by atoms with Crippen LogP contribution >= 0.6 is 12.2 Å². The maximum atomic E-state index is 11.8. The Morgan fingerprint density at radius 3 is 2.31 bits per heavy atom. The highest BCUT2D eigenvalue weighted by Gasteiger charge is 2.28. The van der Waals surface area contributed by atoms with E-state index in [-0.39, 0.29) is 11.9 Å². The third kappa shape index (κ3) is 3.15. The van der Waals surface area contributed by atoms with Gasteiger partial charge in [0.05, 0.1) is 11.0 Å². The number of hydrogen-bond acceptors (Lipinski definition) is 3. The molecule has 16 heavy (non-hydrogen) atoms. The van der Waals surface area contributed by atoms with Crippen LogP contribution in [0, 0.1) is 5.92 Å². The van der Waals surface area contributed by atoms with Gasteiger partial charge in [-0.05, 0) is 32.9 Å². The smallest absolute Gasteiger partial charge is 0.239 e. The quantitative estimate of drug-likeness (QED) is 0.732. The molecule has 1 saturated heterocycles. The summed E-state index contributed by atoms with van der Waals surface area (Å²) in [5, 5.41) is 0. The summed E-state index contributed by atoms with van der Waals surface area (Å²) in [6.07, 6.45) is 1.95. The summed E-state index contributed by atoms with van der Waals surface area (Å²) in [4.78, 5) is 16.3. The van der Waals surface area contributed by atoms with Crippen LogP contribution in [0.2, 0.25) is 0 Å². The Bertz CT molecular complexity index is 272. The number of likely N-dealkylation sites (tertiary alicyclic amines) is 1. The van der Waals surface area contributed by atoms with E-state index in [0.29, 0.717) is 10.9 Å². The van der Waals surface area contributed by atoms with Gasteiger partial charge < -0.3 is 10.6 Å². The molecule has 1 unspecified atom stereocenters.